The number of nitrogens with one attached hydrogen (secondary N) is 1. The summed E-state index contributed by atoms with van der Waals surface area (Å²) in [6.07, 6.45) is 1.18. The van der Waals surface area contributed by atoms with E-state index in [4.69, 9.17) is 4.74 Å². The van der Waals surface area contributed by atoms with E-state index >= 15 is 0 Å². The number of nitro benzene ring substituents is 1. The highest BCUT2D eigenvalue weighted by Gasteiger charge is 2.18. The molecule has 0 unspecified atom stereocenters. The number of hydrogen-bond donors (Lipinski definition) is 1. The van der Waals surface area contributed by atoms with Gasteiger partial charge >= 0.3 is 0 Å². The van der Waals surface area contributed by atoms with E-state index in [0.717, 1.165) is 0 Å². The maximum Gasteiger partial charge on any atom is 0.284 e. The van der Waals surface area contributed by atoms with Crippen LogP contribution in [-0.4, -0.2) is 22.0 Å². The molecular formula is C9H7N3O4. The van der Waals surface area contributed by atoms with Crippen molar-refractivity contribution in [1.82, 2.24) is 9.97 Å². The number of nitro groups is 1. The number of benzene rings is 1. The number of rotatable bonds is 2. The average molecular weight is 221 g/mol. The summed E-state index contributed by atoms with van der Waals surface area (Å²) in [6, 6.07) is 2.63. The van der Waals surface area contributed by atoms with Crippen molar-refractivity contribution in [2.45, 2.75) is 0 Å². The molecule has 0 atom stereocenters. The minimum absolute atomic E-state index is 0.0770. The summed E-state index contributed by atoms with van der Waals surface area (Å²) >= 11 is 0. The molecule has 0 saturated carbocycles. The Bertz CT molecular complexity index is 620. The Morgan fingerprint density at radius 1 is 1.50 bits per heavy atom. The second-order valence-corrected chi connectivity index (χ2v) is 3.00. The van der Waals surface area contributed by atoms with Crippen LogP contribution in [0.25, 0.3) is 10.9 Å². The number of aromatic nitrogens is 2. The number of nitrogens with zero attached hydrogens (tertiary/aromatic N) is 2. The number of non-ortho nitro benzene ring substituents is 1. The van der Waals surface area contributed by atoms with Crippen molar-refractivity contribution in [3.63, 3.8) is 0 Å². The Morgan fingerprint density at radius 2 is 2.25 bits per heavy atom. The average Bonchev–Trinajstić information content (AvgIpc) is 2.28. The summed E-state index contributed by atoms with van der Waals surface area (Å²) < 4.78 is 4.98. The highest BCUT2D eigenvalue weighted by Crippen LogP contribution is 2.28. The van der Waals surface area contributed by atoms with E-state index in [9.17, 15) is 14.9 Å². The van der Waals surface area contributed by atoms with E-state index in [1.54, 1.807) is 0 Å². The smallest absolute Gasteiger partial charge is 0.284 e. The maximum atomic E-state index is 11.5. The van der Waals surface area contributed by atoms with Gasteiger partial charge in [-0.1, -0.05) is 0 Å². The molecule has 0 aliphatic heterocycles. The standard InChI is InChI=1S/C9H7N3O4/c1-16-6-3-2-5(12(14)15)7-8(6)10-4-11-9(7)13/h2-4H,1H3,(H,10,11,13). The van der Waals surface area contributed by atoms with Gasteiger partial charge in [-0.25, -0.2) is 4.98 Å². The van der Waals surface area contributed by atoms with Gasteiger partial charge < -0.3 is 9.72 Å². The van der Waals surface area contributed by atoms with Gasteiger partial charge in [-0.3, -0.25) is 14.9 Å². The first-order chi connectivity index (χ1) is 7.65. The van der Waals surface area contributed by atoms with Gasteiger partial charge in [0, 0.05) is 6.07 Å². The minimum atomic E-state index is -0.626. The lowest BCUT2D eigenvalue weighted by Gasteiger charge is -2.03. The fourth-order valence-electron chi connectivity index (χ4n) is 1.46. The number of ether oxygens (including phenoxy) is 1. The van der Waals surface area contributed by atoms with Crippen LogP contribution in [0.1, 0.15) is 0 Å². The Kier molecular flexibility index (Phi) is 2.28. The van der Waals surface area contributed by atoms with Crippen LogP contribution in [0.5, 0.6) is 5.75 Å². The lowest BCUT2D eigenvalue weighted by molar-refractivity contribution is -0.383. The summed E-state index contributed by atoms with van der Waals surface area (Å²) in [5.41, 5.74) is -0.666. The highest BCUT2D eigenvalue weighted by molar-refractivity contribution is 5.91. The predicted molar refractivity (Wildman–Crippen MR) is 55.6 cm³/mol. The number of fused-ring (bicyclic) bond motifs is 1. The molecule has 0 radical (unpaired) electrons. The molecule has 0 fully saturated rings. The van der Waals surface area contributed by atoms with Crippen molar-refractivity contribution in [1.29, 1.82) is 0 Å². The summed E-state index contributed by atoms with van der Waals surface area (Å²) in [4.78, 5) is 27.8. The lowest BCUT2D eigenvalue weighted by atomic mass is 10.2. The van der Waals surface area contributed by atoms with Crippen molar-refractivity contribution in [2.24, 2.45) is 0 Å². The summed E-state index contributed by atoms with van der Waals surface area (Å²) in [5, 5.41) is 10.7. The van der Waals surface area contributed by atoms with Crippen molar-refractivity contribution in [2.75, 3.05) is 7.11 Å². The maximum absolute atomic E-state index is 11.5. The van der Waals surface area contributed by atoms with Crippen molar-refractivity contribution in [3.05, 3.63) is 38.9 Å². The lowest BCUT2D eigenvalue weighted by Crippen LogP contribution is -2.09. The second-order valence-electron chi connectivity index (χ2n) is 3.00. The zero-order chi connectivity index (χ0) is 11.7. The molecule has 0 spiro atoms. The molecule has 0 amide bonds. The van der Waals surface area contributed by atoms with E-state index in [-0.39, 0.29) is 16.6 Å². The first kappa shape index (κ1) is 10.1. The van der Waals surface area contributed by atoms with Crippen LogP contribution in [-0.2, 0) is 0 Å². The number of hydrogen-bond acceptors (Lipinski definition) is 5. The summed E-state index contributed by atoms with van der Waals surface area (Å²) in [5.74, 6) is 0.326. The van der Waals surface area contributed by atoms with Crippen LogP contribution in [0.4, 0.5) is 5.69 Å². The highest BCUT2D eigenvalue weighted by atomic mass is 16.6. The Balaban J connectivity index is 2.98. The predicted octanol–water partition coefficient (Wildman–Crippen LogP) is 0.840. The van der Waals surface area contributed by atoms with E-state index in [1.165, 1.54) is 25.6 Å². The molecule has 16 heavy (non-hydrogen) atoms. The van der Waals surface area contributed by atoms with E-state index in [2.05, 4.69) is 9.97 Å². The first-order valence-corrected chi connectivity index (χ1v) is 4.34. The van der Waals surface area contributed by atoms with Gasteiger partial charge in [-0.15, -0.1) is 0 Å². The molecular weight excluding hydrogens is 214 g/mol. The monoisotopic (exact) mass is 221 g/mol. The Labute approximate surface area is 88.8 Å². The molecule has 0 saturated heterocycles. The van der Waals surface area contributed by atoms with Crippen molar-refractivity contribution >= 4 is 16.6 Å². The van der Waals surface area contributed by atoms with Crippen LogP contribution in [0.3, 0.4) is 0 Å². The summed E-state index contributed by atoms with van der Waals surface area (Å²) in [7, 11) is 1.41. The molecule has 1 aromatic carbocycles. The van der Waals surface area contributed by atoms with Gasteiger partial charge in [0.15, 0.2) is 0 Å². The normalized spacial score (nSPS) is 10.3. The minimum Gasteiger partial charge on any atom is -0.494 e. The molecule has 2 rings (SSSR count). The van der Waals surface area contributed by atoms with Crippen LogP contribution in [0.2, 0.25) is 0 Å². The third-order valence-electron chi connectivity index (χ3n) is 2.15. The largest absolute Gasteiger partial charge is 0.494 e. The first-order valence-electron chi connectivity index (χ1n) is 4.34. The molecule has 2 aromatic rings. The van der Waals surface area contributed by atoms with Crippen LogP contribution in [0.15, 0.2) is 23.3 Å². The Hall–Kier alpha value is -2.44. The Morgan fingerprint density at radius 3 is 2.88 bits per heavy atom. The molecule has 0 aliphatic carbocycles. The summed E-state index contributed by atoms with van der Waals surface area (Å²) in [6.45, 7) is 0. The van der Waals surface area contributed by atoms with Gasteiger partial charge in [-0.2, -0.15) is 0 Å². The van der Waals surface area contributed by atoms with E-state index in [1.807, 2.05) is 0 Å². The van der Waals surface area contributed by atoms with E-state index < -0.39 is 10.5 Å². The molecule has 1 aromatic heterocycles. The fourth-order valence-corrected chi connectivity index (χ4v) is 1.46. The van der Waals surface area contributed by atoms with Gasteiger partial charge in [0.1, 0.15) is 16.7 Å². The topological polar surface area (TPSA) is 98.1 Å². The quantitative estimate of drug-likeness (QED) is 0.598. The molecule has 7 heteroatoms. The number of methoxy groups -OCH3 is 1. The van der Waals surface area contributed by atoms with Gasteiger partial charge in [0.05, 0.1) is 18.4 Å². The van der Waals surface area contributed by atoms with Crippen molar-refractivity contribution < 1.29 is 9.66 Å². The fraction of sp³-hybridized carbons (Fsp3) is 0.111. The van der Waals surface area contributed by atoms with Crippen LogP contribution >= 0.6 is 0 Å². The van der Waals surface area contributed by atoms with Gasteiger partial charge in [-0.05, 0) is 6.07 Å². The zero-order valence-corrected chi connectivity index (χ0v) is 8.26. The molecule has 1 heterocycles. The molecule has 0 aliphatic rings. The third-order valence-corrected chi connectivity index (χ3v) is 2.15. The number of aromatic amines is 1. The van der Waals surface area contributed by atoms with Crippen LogP contribution in [0, 0.1) is 10.1 Å². The van der Waals surface area contributed by atoms with Gasteiger partial charge in [0.2, 0.25) is 0 Å². The third kappa shape index (κ3) is 1.38. The molecule has 82 valence electrons. The number of H-pyrrole nitrogens is 1. The van der Waals surface area contributed by atoms with E-state index in [0.29, 0.717) is 5.75 Å². The molecule has 1 N–H and O–H groups in total. The molecule has 7 nitrogen and oxygen atoms in total. The zero-order valence-electron chi connectivity index (χ0n) is 8.26. The van der Waals surface area contributed by atoms with Crippen molar-refractivity contribution in [3.8, 4) is 5.75 Å². The second kappa shape index (κ2) is 3.61. The van der Waals surface area contributed by atoms with Gasteiger partial charge in [0.25, 0.3) is 11.2 Å². The van der Waals surface area contributed by atoms with Crippen LogP contribution < -0.4 is 10.3 Å². The molecule has 0 bridgehead atoms. The SMILES string of the molecule is COc1ccc([N+](=O)[O-])c2c(=O)[nH]cnc12.